The van der Waals surface area contributed by atoms with Gasteiger partial charge in [0.2, 0.25) is 0 Å². The number of hydrogen-bond donors (Lipinski definition) is 1. The first-order valence-corrected chi connectivity index (χ1v) is 5.65. The molecular weight excluding hydrogens is 236 g/mol. The molecule has 0 fully saturated rings. The maximum absolute atomic E-state index is 10.9. The van der Waals surface area contributed by atoms with Gasteiger partial charge in [-0.3, -0.25) is 4.79 Å². The Labute approximate surface area is 103 Å². The lowest BCUT2D eigenvalue weighted by atomic mass is 10.1. The molecule has 1 unspecified atom stereocenters. The SMILES string of the molecule is CCN(CC(C)C(=O)O)c1ccc2nnnn2n1. The molecule has 0 aliphatic rings. The van der Waals surface area contributed by atoms with Crippen LogP contribution in [0.2, 0.25) is 0 Å². The van der Waals surface area contributed by atoms with E-state index in [0.29, 0.717) is 24.6 Å². The van der Waals surface area contributed by atoms with Gasteiger partial charge in [0.15, 0.2) is 11.5 Å². The van der Waals surface area contributed by atoms with Gasteiger partial charge in [0.25, 0.3) is 0 Å². The molecule has 0 radical (unpaired) electrons. The monoisotopic (exact) mass is 250 g/mol. The Morgan fingerprint density at radius 2 is 2.33 bits per heavy atom. The zero-order valence-electron chi connectivity index (χ0n) is 10.2. The second kappa shape index (κ2) is 4.94. The van der Waals surface area contributed by atoms with Crippen molar-refractivity contribution in [3.05, 3.63) is 12.1 Å². The third kappa shape index (κ3) is 2.36. The number of carbonyl (C=O) groups is 1. The van der Waals surface area contributed by atoms with Crippen LogP contribution in [0.1, 0.15) is 13.8 Å². The highest BCUT2D eigenvalue weighted by Gasteiger charge is 2.16. The minimum atomic E-state index is -0.822. The summed E-state index contributed by atoms with van der Waals surface area (Å²) in [5.74, 6) is -0.626. The van der Waals surface area contributed by atoms with Gasteiger partial charge in [-0.25, -0.2) is 0 Å². The minimum absolute atomic E-state index is 0.395. The summed E-state index contributed by atoms with van der Waals surface area (Å²) >= 11 is 0. The van der Waals surface area contributed by atoms with Gasteiger partial charge in [-0.15, -0.1) is 14.8 Å². The predicted molar refractivity (Wildman–Crippen MR) is 63.3 cm³/mol. The Balaban J connectivity index is 2.23. The van der Waals surface area contributed by atoms with Crippen molar-refractivity contribution < 1.29 is 9.90 Å². The highest BCUT2D eigenvalue weighted by Crippen LogP contribution is 2.12. The Kier molecular flexibility index (Phi) is 3.35. The van der Waals surface area contributed by atoms with E-state index < -0.39 is 11.9 Å². The van der Waals surface area contributed by atoms with Gasteiger partial charge < -0.3 is 10.0 Å². The van der Waals surface area contributed by atoms with Crippen molar-refractivity contribution in [1.29, 1.82) is 0 Å². The fraction of sp³-hybridized carbons (Fsp3) is 0.500. The first-order valence-electron chi connectivity index (χ1n) is 5.65. The van der Waals surface area contributed by atoms with E-state index >= 15 is 0 Å². The number of nitrogens with zero attached hydrogens (tertiary/aromatic N) is 6. The van der Waals surface area contributed by atoms with Gasteiger partial charge in [-0.1, -0.05) is 6.92 Å². The molecule has 1 atom stereocenters. The van der Waals surface area contributed by atoms with E-state index in [-0.39, 0.29) is 0 Å². The Morgan fingerprint density at radius 3 is 3.00 bits per heavy atom. The fourth-order valence-corrected chi connectivity index (χ4v) is 1.60. The molecule has 2 aromatic rings. The molecule has 2 rings (SSSR count). The number of aliphatic carboxylic acids is 1. The van der Waals surface area contributed by atoms with Crippen molar-refractivity contribution in [2.75, 3.05) is 18.0 Å². The number of tetrazole rings is 1. The van der Waals surface area contributed by atoms with Gasteiger partial charge in [0, 0.05) is 13.1 Å². The number of aromatic nitrogens is 5. The van der Waals surface area contributed by atoms with Gasteiger partial charge in [-0.2, -0.15) is 0 Å². The quantitative estimate of drug-likeness (QED) is 0.801. The molecule has 96 valence electrons. The van der Waals surface area contributed by atoms with Crippen LogP contribution in [0.15, 0.2) is 12.1 Å². The molecule has 8 nitrogen and oxygen atoms in total. The first-order chi connectivity index (χ1) is 8.61. The van der Waals surface area contributed by atoms with Crippen LogP contribution in [0.3, 0.4) is 0 Å². The van der Waals surface area contributed by atoms with Crippen LogP contribution in [-0.2, 0) is 4.79 Å². The molecule has 18 heavy (non-hydrogen) atoms. The summed E-state index contributed by atoms with van der Waals surface area (Å²) in [5.41, 5.74) is 0.557. The van der Waals surface area contributed by atoms with E-state index in [1.54, 1.807) is 19.1 Å². The summed E-state index contributed by atoms with van der Waals surface area (Å²) in [5, 5.41) is 24.1. The maximum Gasteiger partial charge on any atom is 0.308 e. The average molecular weight is 250 g/mol. The van der Waals surface area contributed by atoms with Crippen LogP contribution in [0.4, 0.5) is 5.82 Å². The van der Waals surface area contributed by atoms with Gasteiger partial charge >= 0.3 is 5.97 Å². The molecule has 1 N–H and O–H groups in total. The highest BCUT2D eigenvalue weighted by molar-refractivity contribution is 5.70. The molecule has 0 saturated heterocycles. The summed E-state index contributed by atoms with van der Waals surface area (Å²) in [6, 6.07) is 3.53. The summed E-state index contributed by atoms with van der Waals surface area (Å²) in [7, 11) is 0. The van der Waals surface area contributed by atoms with Crippen molar-refractivity contribution in [1.82, 2.24) is 25.3 Å². The number of anilines is 1. The summed E-state index contributed by atoms with van der Waals surface area (Å²) in [6.07, 6.45) is 0. The van der Waals surface area contributed by atoms with Gasteiger partial charge in [-0.05, 0) is 29.5 Å². The van der Waals surface area contributed by atoms with E-state index in [1.807, 2.05) is 11.8 Å². The standard InChI is InChI=1S/C10H14N6O2/c1-3-15(6-7(2)10(17)18)9-5-4-8-11-13-14-16(8)12-9/h4-5,7H,3,6H2,1-2H3,(H,17,18). The number of fused-ring (bicyclic) bond motifs is 1. The number of rotatable bonds is 5. The molecule has 0 aromatic carbocycles. The Morgan fingerprint density at radius 1 is 1.56 bits per heavy atom. The Bertz CT molecular complexity index is 554. The molecule has 2 heterocycles. The topological polar surface area (TPSA) is 96.5 Å². The second-order valence-electron chi connectivity index (χ2n) is 4.00. The van der Waals surface area contributed by atoms with Crippen LogP contribution in [-0.4, -0.2) is 49.4 Å². The second-order valence-corrected chi connectivity index (χ2v) is 4.00. The molecular formula is C10H14N6O2. The lowest BCUT2D eigenvalue weighted by Gasteiger charge is -2.23. The molecule has 0 aliphatic carbocycles. The first kappa shape index (κ1) is 12.2. The van der Waals surface area contributed by atoms with Crippen molar-refractivity contribution >= 4 is 17.4 Å². The molecule has 0 saturated carbocycles. The lowest BCUT2D eigenvalue weighted by molar-refractivity contribution is -0.140. The van der Waals surface area contributed by atoms with E-state index in [2.05, 4.69) is 20.6 Å². The smallest absolute Gasteiger partial charge is 0.308 e. The van der Waals surface area contributed by atoms with Crippen molar-refractivity contribution in [3.63, 3.8) is 0 Å². The predicted octanol–water partition coefficient (Wildman–Crippen LogP) is 0.0663. The van der Waals surface area contributed by atoms with Crippen molar-refractivity contribution in [3.8, 4) is 0 Å². The fourth-order valence-electron chi connectivity index (χ4n) is 1.60. The molecule has 8 heteroatoms. The third-order valence-electron chi connectivity index (χ3n) is 2.68. The van der Waals surface area contributed by atoms with E-state index in [0.717, 1.165) is 0 Å². The molecule has 2 aromatic heterocycles. The van der Waals surface area contributed by atoms with Crippen LogP contribution >= 0.6 is 0 Å². The highest BCUT2D eigenvalue weighted by atomic mass is 16.4. The summed E-state index contributed by atoms with van der Waals surface area (Å²) in [4.78, 5) is 12.7. The lowest BCUT2D eigenvalue weighted by Crippen LogP contribution is -2.32. The van der Waals surface area contributed by atoms with Crippen LogP contribution in [0, 0.1) is 5.92 Å². The van der Waals surface area contributed by atoms with E-state index in [9.17, 15) is 4.79 Å². The zero-order chi connectivity index (χ0) is 13.1. The van der Waals surface area contributed by atoms with Gasteiger partial charge in [0.05, 0.1) is 5.92 Å². The normalized spacial score (nSPS) is 12.6. The molecule has 0 aliphatic heterocycles. The molecule has 0 bridgehead atoms. The third-order valence-corrected chi connectivity index (χ3v) is 2.68. The van der Waals surface area contributed by atoms with Gasteiger partial charge in [0.1, 0.15) is 0 Å². The summed E-state index contributed by atoms with van der Waals surface area (Å²) in [6.45, 7) is 4.67. The summed E-state index contributed by atoms with van der Waals surface area (Å²) < 4.78 is 1.32. The van der Waals surface area contributed by atoms with E-state index in [1.165, 1.54) is 4.63 Å². The number of carboxylic acids is 1. The maximum atomic E-state index is 10.9. The van der Waals surface area contributed by atoms with Crippen molar-refractivity contribution in [2.24, 2.45) is 5.92 Å². The number of carboxylic acid groups (broad SMARTS) is 1. The van der Waals surface area contributed by atoms with E-state index in [4.69, 9.17) is 5.11 Å². The number of hydrogen-bond acceptors (Lipinski definition) is 6. The Hall–Kier alpha value is -2.25. The average Bonchev–Trinajstić information content (AvgIpc) is 2.82. The minimum Gasteiger partial charge on any atom is -0.481 e. The molecule has 0 spiro atoms. The van der Waals surface area contributed by atoms with Crippen LogP contribution in [0.25, 0.3) is 5.65 Å². The van der Waals surface area contributed by atoms with Crippen LogP contribution in [0.5, 0.6) is 0 Å². The zero-order valence-corrected chi connectivity index (χ0v) is 10.2. The largest absolute Gasteiger partial charge is 0.481 e. The van der Waals surface area contributed by atoms with Crippen molar-refractivity contribution in [2.45, 2.75) is 13.8 Å². The van der Waals surface area contributed by atoms with Crippen LogP contribution < -0.4 is 4.90 Å². The molecule has 0 amide bonds.